The van der Waals surface area contributed by atoms with Crippen LogP contribution in [0.4, 0.5) is 12.9 Å². The zero-order valence-electron chi connectivity index (χ0n) is 7.77. The first-order valence-corrected chi connectivity index (χ1v) is 4.60. The van der Waals surface area contributed by atoms with Gasteiger partial charge in [-0.15, -0.1) is 0 Å². The number of rotatable bonds is 3. The fourth-order valence-electron chi connectivity index (χ4n) is 1.51. The fourth-order valence-corrected chi connectivity index (χ4v) is 1.51. The number of hydrogen-bond donors (Lipinski definition) is 1. The van der Waals surface area contributed by atoms with Crippen LogP contribution in [0.1, 0.15) is 12.8 Å². The Morgan fingerprint density at radius 2 is 1.85 bits per heavy atom. The maximum absolute atomic E-state index is 11.9. The van der Waals surface area contributed by atoms with Gasteiger partial charge in [-0.3, -0.25) is 0 Å². The number of hydrogen-bond acceptors (Lipinski definition) is 2. The molecule has 1 aliphatic rings. The molecule has 1 aliphatic heterocycles. The van der Waals surface area contributed by atoms with Crippen LogP contribution in [0.2, 0.25) is 0 Å². The second-order valence-electron chi connectivity index (χ2n) is 3.70. The smallest absolute Gasteiger partial charge is 0.448 e. The molecule has 6 heteroatoms. The molecule has 2 nitrogen and oxygen atoms in total. The summed E-state index contributed by atoms with van der Waals surface area (Å²) < 4.78 is 35.6. The first-order chi connectivity index (χ1) is 5.97. The molecule has 0 aromatic heterocycles. The van der Waals surface area contributed by atoms with Gasteiger partial charge in [-0.25, -0.2) is 0 Å². The second-order valence-corrected chi connectivity index (χ2v) is 3.70. The molecule has 0 spiro atoms. The molecule has 1 heterocycles. The van der Waals surface area contributed by atoms with Crippen LogP contribution in [0.5, 0.6) is 0 Å². The zero-order chi connectivity index (χ0) is 9.90. The Morgan fingerprint density at radius 3 is 2.31 bits per heavy atom. The number of likely N-dealkylation sites (tertiary alicyclic amines) is 1. The van der Waals surface area contributed by atoms with Crippen LogP contribution in [0, 0.1) is 0 Å². The summed E-state index contributed by atoms with van der Waals surface area (Å²) in [4.78, 5) is 2.14. The van der Waals surface area contributed by atoms with Crippen molar-refractivity contribution in [3.05, 3.63) is 0 Å². The second kappa shape index (κ2) is 4.33. The molecule has 0 aromatic rings. The Hall–Kier alpha value is -0.225. The van der Waals surface area contributed by atoms with Crippen molar-refractivity contribution in [3.63, 3.8) is 0 Å². The predicted octanol–water partition coefficient (Wildman–Crippen LogP) is 1.06. The Balaban J connectivity index is 2.16. The van der Waals surface area contributed by atoms with Gasteiger partial charge < -0.3 is 23.2 Å². The number of piperidine rings is 1. The van der Waals surface area contributed by atoms with Crippen LogP contribution in [0.3, 0.4) is 0 Å². The Bertz CT molecular complexity index is 154. The minimum Gasteiger partial charge on any atom is -0.448 e. The lowest BCUT2D eigenvalue weighted by molar-refractivity contribution is 0.236. The molecule has 78 valence electrons. The molecule has 0 saturated carbocycles. The summed E-state index contributed by atoms with van der Waals surface area (Å²) in [7, 11) is 1.99. The number of nitrogens with zero attached hydrogens (tertiary/aromatic N) is 1. The predicted molar refractivity (Wildman–Crippen MR) is 47.6 cm³/mol. The SMILES string of the molecule is CN1CCC(NC[B-](F)(F)F)CC1. The quantitative estimate of drug-likeness (QED) is 0.677. The van der Waals surface area contributed by atoms with Gasteiger partial charge in [0.25, 0.3) is 0 Å². The van der Waals surface area contributed by atoms with Crippen LogP contribution in [0.25, 0.3) is 0 Å². The average molecular weight is 195 g/mol. The van der Waals surface area contributed by atoms with Gasteiger partial charge in [-0.2, -0.15) is 0 Å². The maximum atomic E-state index is 11.9. The van der Waals surface area contributed by atoms with Crippen molar-refractivity contribution >= 4 is 6.98 Å². The minimum atomic E-state index is -4.67. The van der Waals surface area contributed by atoms with E-state index in [-0.39, 0.29) is 6.04 Å². The van der Waals surface area contributed by atoms with E-state index in [4.69, 9.17) is 0 Å². The lowest BCUT2D eigenvalue weighted by atomic mass is 9.91. The molecular formula is C7H15BF3N2-. The Labute approximate surface area is 76.5 Å². The van der Waals surface area contributed by atoms with Crippen LogP contribution in [0.15, 0.2) is 0 Å². The molecule has 0 radical (unpaired) electrons. The van der Waals surface area contributed by atoms with Crippen molar-refractivity contribution in [2.45, 2.75) is 18.9 Å². The van der Waals surface area contributed by atoms with Crippen LogP contribution in [-0.2, 0) is 0 Å². The van der Waals surface area contributed by atoms with E-state index in [1.54, 1.807) is 0 Å². The third kappa shape index (κ3) is 4.52. The largest absolute Gasteiger partial charge is 0.491 e. The van der Waals surface area contributed by atoms with E-state index in [1.165, 1.54) is 0 Å². The lowest BCUT2D eigenvalue weighted by Crippen LogP contribution is -2.45. The standard InChI is InChI=1S/C7H15BF3N2/c1-13-4-2-7(3-5-13)12-6-8(9,10)11/h7,12H,2-6H2,1H3/q-1. The molecule has 0 aromatic carbocycles. The van der Waals surface area contributed by atoms with Crippen molar-refractivity contribution in [2.75, 3.05) is 26.6 Å². The van der Waals surface area contributed by atoms with Crippen LogP contribution in [-0.4, -0.2) is 44.5 Å². The first-order valence-electron chi connectivity index (χ1n) is 4.60. The summed E-state index contributed by atoms with van der Waals surface area (Å²) >= 11 is 0. The summed E-state index contributed by atoms with van der Waals surface area (Å²) in [6.45, 7) is -2.88. The normalized spacial score (nSPS) is 22.2. The van der Waals surface area contributed by atoms with Gasteiger partial charge >= 0.3 is 6.98 Å². The van der Waals surface area contributed by atoms with E-state index in [1.807, 2.05) is 7.05 Å². The third-order valence-corrected chi connectivity index (χ3v) is 2.36. The van der Waals surface area contributed by atoms with Crippen molar-refractivity contribution in [1.82, 2.24) is 10.2 Å². The van der Waals surface area contributed by atoms with E-state index < -0.39 is 13.4 Å². The monoisotopic (exact) mass is 195 g/mol. The van der Waals surface area contributed by atoms with E-state index in [2.05, 4.69) is 10.2 Å². The van der Waals surface area contributed by atoms with E-state index in [0.717, 1.165) is 25.9 Å². The topological polar surface area (TPSA) is 15.3 Å². The van der Waals surface area contributed by atoms with Crippen molar-refractivity contribution in [3.8, 4) is 0 Å². The number of halogens is 3. The van der Waals surface area contributed by atoms with E-state index >= 15 is 0 Å². The highest BCUT2D eigenvalue weighted by atomic mass is 19.4. The molecule has 1 N–H and O–H groups in total. The molecule has 1 saturated heterocycles. The molecule has 0 unspecified atom stereocenters. The molecule has 1 rings (SSSR count). The lowest BCUT2D eigenvalue weighted by Gasteiger charge is -2.31. The average Bonchev–Trinajstić information content (AvgIpc) is 2.02. The first kappa shape index (κ1) is 10.9. The van der Waals surface area contributed by atoms with E-state index in [0.29, 0.717) is 0 Å². The summed E-state index contributed by atoms with van der Waals surface area (Å²) in [5.41, 5.74) is 0. The van der Waals surface area contributed by atoms with Gasteiger partial charge in [0, 0.05) is 6.04 Å². The minimum absolute atomic E-state index is 0.0553. The highest BCUT2D eigenvalue weighted by Gasteiger charge is 2.25. The number of nitrogens with one attached hydrogen (secondary N) is 1. The van der Waals surface area contributed by atoms with Gasteiger partial charge in [0.1, 0.15) is 0 Å². The molecule has 0 bridgehead atoms. The molecular weight excluding hydrogens is 180 g/mol. The summed E-state index contributed by atoms with van der Waals surface area (Å²) in [6, 6.07) is 0.0553. The Kier molecular flexibility index (Phi) is 3.61. The van der Waals surface area contributed by atoms with Crippen molar-refractivity contribution in [2.24, 2.45) is 0 Å². The summed E-state index contributed by atoms with van der Waals surface area (Å²) in [5, 5.41) is 2.56. The zero-order valence-corrected chi connectivity index (χ0v) is 7.77. The van der Waals surface area contributed by atoms with Crippen LogP contribution < -0.4 is 5.32 Å². The fraction of sp³-hybridized carbons (Fsp3) is 1.00. The molecule has 0 atom stereocenters. The van der Waals surface area contributed by atoms with Gasteiger partial charge in [-0.1, -0.05) is 0 Å². The summed E-state index contributed by atoms with van der Waals surface area (Å²) in [5.74, 6) is 0. The van der Waals surface area contributed by atoms with Crippen LogP contribution >= 0.6 is 0 Å². The Morgan fingerprint density at radius 1 is 1.31 bits per heavy atom. The highest BCUT2D eigenvalue weighted by molar-refractivity contribution is 6.58. The highest BCUT2D eigenvalue weighted by Crippen LogP contribution is 2.11. The molecule has 1 fully saturated rings. The van der Waals surface area contributed by atoms with Gasteiger partial charge in [0.05, 0.1) is 0 Å². The molecule has 0 amide bonds. The van der Waals surface area contributed by atoms with E-state index in [9.17, 15) is 12.9 Å². The maximum Gasteiger partial charge on any atom is 0.491 e. The molecule has 0 aliphatic carbocycles. The van der Waals surface area contributed by atoms with Crippen molar-refractivity contribution in [1.29, 1.82) is 0 Å². The van der Waals surface area contributed by atoms with Gasteiger partial charge in [0.15, 0.2) is 0 Å². The summed E-state index contributed by atoms with van der Waals surface area (Å²) in [6.07, 6.45) is 0.847. The van der Waals surface area contributed by atoms with Gasteiger partial charge in [0.2, 0.25) is 0 Å². The van der Waals surface area contributed by atoms with Gasteiger partial charge in [-0.05, 0) is 39.4 Å². The molecule has 13 heavy (non-hydrogen) atoms. The third-order valence-electron chi connectivity index (χ3n) is 2.36. The van der Waals surface area contributed by atoms with Crippen molar-refractivity contribution < 1.29 is 12.9 Å².